The van der Waals surface area contributed by atoms with E-state index in [-0.39, 0.29) is 24.1 Å². The highest BCUT2D eigenvalue weighted by Crippen LogP contribution is 2.30. The molecule has 0 unspecified atom stereocenters. The number of methoxy groups -OCH3 is 2. The van der Waals surface area contributed by atoms with Crippen molar-refractivity contribution in [2.45, 2.75) is 38.4 Å². The van der Waals surface area contributed by atoms with E-state index in [0.29, 0.717) is 34.6 Å². The fourth-order valence-electron chi connectivity index (χ4n) is 4.95. The van der Waals surface area contributed by atoms with E-state index in [1.807, 2.05) is 53.6 Å². The summed E-state index contributed by atoms with van der Waals surface area (Å²) in [5, 5.41) is 12.4. The van der Waals surface area contributed by atoms with Gasteiger partial charge in [-0.2, -0.15) is 0 Å². The first-order valence-electron chi connectivity index (χ1n) is 13.4. The monoisotopic (exact) mass is 571 g/mol. The van der Waals surface area contributed by atoms with Crippen molar-refractivity contribution >= 4 is 29.3 Å². The van der Waals surface area contributed by atoms with E-state index in [4.69, 9.17) is 9.47 Å². The number of aromatic nitrogens is 3. The van der Waals surface area contributed by atoms with Crippen LogP contribution in [0.4, 0.5) is 5.69 Å². The highest BCUT2D eigenvalue weighted by molar-refractivity contribution is 7.99. The molecule has 1 N–H and O–H groups in total. The summed E-state index contributed by atoms with van der Waals surface area (Å²) in [6, 6.07) is 19.2. The standard InChI is InChI=1S/C31H33N5O4S/c1-20-11-12-21(2)25(16-20)36-28(18-32-30(38)23-13-14-26(39-3)27(17-23)40-4)33-34-31(36)41-19-29(37)35-15-7-9-22-8-5-6-10-24(22)35/h5-6,8,10-14,16-17H,7,9,15,18-19H2,1-4H3,(H,32,38). The number of hydrogen-bond acceptors (Lipinski definition) is 7. The molecule has 0 spiro atoms. The summed E-state index contributed by atoms with van der Waals surface area (Å²) in [5.41, 5.74) is 5.63. The Morgan fingerprint density at radius 3 is 2.56 bits per heavy atom. The predicted molar refractivity (Wildman–Crippen MR) is 159 cm³/mol. The van der Waals surface area contributed by atoms with Crippen molar-refractivity contribution in [2.24, 2.45) is 0 Å². The number of thioether (sulfide) groups is 1. The third-order valence-corrected chi connectivity index (χ3v) is 8.01. The van der Waals surface area contributed by atoms with Gasteiger partial charge in [-0.05, 0) is 73.7 Å². The van der Waals surface area contributed by atoms with Gasteiger partial charge in [0.2, 0.25) is 5.91 Å². The first-order chi connectivity index (χ1) is 19.9. The first kappa shape index (κ1) is 28.2. The smallest absolute Gasteiger partial charge is 0.251 e. The van der Waals surface area contributed by atoms with E-state index >= 15 is 0 Å². The van der Waals surface area contributed by atoms with Crippen molar-refractivity contribution in [3.63, 3.8) is 0 Å². The van der Waals surface area contributed by atoms with Gasteiger partial charge in [0.15, 0.2) is 22.5 Å². The molecule has 2 heterocycles. The van der Waals surface area contributed by atoms with Crippen LogP contribution < -0.4 is 19.7 Å². The van der Waals surface area contributed by atoms with Gasteiger partial charge in [-0.25, -0.2) is 0 Å². The van der Waals surface area contributed by atoms with E-state index in [0.717, 1.165) is 35.3 Å². The molecule has 0 aliphatic carbocycles. The second-order valence-corrected chi connectivity index (χ2v) is 10.8. The summed E-state index contributed by atoms with van der Waals surface area (Å²) in [6.07, 6.45) is 1.92. The van der Waals surface area contributed by atoms with Crippen LogP contribution in [0, 0.1) is 13.8 Å². The molecule has 0 radical (unpaired) electrons. The van der Waals surface area contributed by atoms with Gasteiger partial charge in [-0.3, -0.25) is 14.2 Å². The van der Waals surface area contributed by atoms with Crippen LogP contribution in [0.25, 0.3) is 5.69 Å². The van der Waals surface area contributed by atoms with Gasteiger partial charge in [0.1, 0.15) is 0 Å². The van der Waals surface area contributed by atoms with Crippen molar-refractivity contribution in [1.29, 1.82) is 0 Å². The number of hydrogen-bond donors (Lipinski definition) is 1. The van der Waals surface area contributed by atoms with Gasteiger partial charge in [0.05, 0.1) is 32.2 Å². The summed E-state index contributed by atoms with van der Waals surface area (Å²) in [5.74, 6) is 1.54. The summed E-state index contributed by atoms with van der Waals surface area (Å²) in [7, 11) is 3.08. The lowest BCUT2D eigenvalue weighted by atomic mass is 10.0. The first-order valence-corrected chi connectivity index (χ1v) is 14.4. The predicted octanol–water partition coefficient (Wildman–Crippen LogP) is 4.90. The average Bonchev–Trinajstić information content (AvgIpc) is 3.41. The Balaban J connectivity index is 1.38. The van der Waals surface area contributed by atoms with Crippen LogP contribution in [0.1, 0.15) is 39.3 Å². The fraction of sp³-hybridized carbons (Fsp3) is 0.290. The molecular formula is C31H33N5O4S. The Kier molecular flexibility index (Phi) is 8.58. The molecule has 1 aromatic heterocycles. The number of amides is 2. The van der Waals surface area contributed by atoms with E-state index in [2.05, 4.69) is 27.6 Å². The Hall–Kier alpha value is -4.31. The number of anilines is 1. The van der Waals surface area contributed by atoms with E-state index in [1.165, 1.54) is 24.4 Å². The zero-order chi connectivity index (χ0) is 28.9. The third kappa shape index (κ3) is 6.07. The zero-order valence-corrected chi connectivity index (χ0v) is 24.5. The van der Waals surface area contributed by atoms with Gasteiger partial charge in [0.25, 0.3) is 5.91 Å². The quantitative estimate of drug-likeness (QED) is 0.285. The molecule has 212 valence electrons. The maximum absolute atomic E-state index is 13.4. The summed E-state index contributed by atoms with van der Waals surface area (Å²) in [6.45, 7) is 4.88. The summed E-state index contributed by atoms with van der Waals surface area (Å²) in [4.78, 5) is 28.3. The summed E-state index contributed by atoms with van der Waals surface area (Å²) < 4.78 is 12.5. The lowest BCUT2D eigenvalue weighted by Gasteiger charge is -2.29. The lowest BCUT2D eigenvalue weighted by molar-refractivity contribution is -0.116. The number of benzene rings is 3. The topological polar surface area (TPSA) is 98.6 Å². The normalized spacial score (nSPS) is 12.5. The van der Waals surface area contributed by atoms with Crippen molar-refractivity contribution in [3.8, 4) is 17.2 Å². The van der Waals surface area contributed by atoms with E-state index in [9.17, 15) is 9.59 Å². The minimum absolute atomic E-state index is 0.0287. The number of para-hydroxylation sites is 1. The second kappa shape index (κ2) is 12.5. The second-order valence-electron chi connectivity index (χ2n) is 9.84. The van der Waals surface area contributed by atoms with E-state index < -0.39 is 0 Å². The van der Waals surface area contributed by atoms with Gasteiger partial charge < -0.3 is 19.7 Å². The van der Waals surface area contributed by atoms with E-state index in [1.54, 1.807) is 25.3 Å². The SMILES string of the molecule is COc1ccc(C(=O)NCc2nnc(SCC(=O)N3CCCc4ccccc43)n2-c2cc(C)ccc2C)cc1OC. The van der Waals surface area contributed by atoms with Crippen LogP contribution >= 0.6 is 11.8 Å². The van der Waals surface area contributed by atoms with Crippen LogP contribution in [-0.4, -0.2) is 53.1 Å². The maximum atomic E-state index is 13.4. The number of carbonyl (C=O) groups is 2. The molecular weight excluding hydrogens is 538 g/mol. The number of aryl methyl sites for hydroxylation is 3. The molecule has 0 fully saturated rings. The minimum atomic E-state index is -0.283. The van der Waals surface area contributed by atoms with Gasteiger partial charge >= 0.3 is 0 Å². The average molecular weight is 572 g/mol. The number of fused-ring (bicyclic) bond motifs is 1. The minimum Gasteiger partial charge on any atom is -0.493 e. The van der Waals surface area contributed by atoms with Gasteiger partial charge in [-0.15, -0.1) is 10.2 Å². The molecule has 41 heavy (non-hydrogen) atoms. The van der Waals surface area contributed by atoms with Crippen LogP contribution in [0.3, 0.4) is 0 Å². The number of carbonyl (C=O) groups excluding carboxylic acids is 2. The molecule has 3 aromatic carbocycles. The van der Waals surface area contributed by atoms with Crippen molar-refractivity contribution < 1.29 is 19.1 Å². The molecule has 9 nitrogen and oxygen atoms in total. The molecule has 1 aliphatic rings. The molecule has 2 amide bonds. The molecule has 5 rings (SSSR count). The largest absolute Gasteiger partial charge is 0.493 e. The third-order valence-electron chi connectivity index (χ3n) is 7.09. The number of rotatable bonds is 9. The molecule has 0 saturated carbocycles. The van der Waals surface area contributed by atoms with Crippen LogP contribution in [0.15, 0.2) is 65.8 Å². The van der Waals surface area contributed by atoms with Gasteiger partial charge in [-0.1, -0.05) is 42.1 Å². The highest BCUT2D eigenvalue weighted by Gasteiger charge is 2.24. The molecule has 10 heteroatoms. The van der Waals surface area contributed by atoms with Crippen molar-refractivity contribution in [1.82, 2.24) is 20.1 Å². The Morgan fingerprint density at radius 2 is 1.76 bits per heavy atom. The van der Waals surface area contributed by atoms with Crippen LogP contribution in [-0.2, 0) is 17.8 Å². The molecule has 1 aliphatic heterocycles. The van der Waals surface area contributed by atoms with Gasteiger partial charge in [0, 0.05) is 17.8 Å². The Morgan fingerprint density at radius 1 is 0.951 bits per heavy atom. The molecule has 4 aromatic rings. The van der Waals surface area contributed by atoms with Crippen LogP contribution in [0.2, 0.25) is 0 Å². The maximum Gasteiger partial charge on any atom is 0.251 e. The number of nitrogens with zero attached hydrogens (tertiary/aromatic N) is 4. The van der Waals surface area contributed by atoms with Crippen molar-refractivity contribution in [3.05, 3.63) is 88.7 Å². The van der Waals surface area contributed by atoms with Crippen molar-refractivity contribution in [2.75, 3.05) is 31.4 Å². The number of nitrogens with one attached hydrogen (secondary N) is 1. The molecule has 0 saturated heterocycles. The zero-order valence-electron chi connectivity index (χ0n) is 23.6. The highest BCUT2D eigenvalue weighted by atomic mass is 32.2. The molecule has 0 atom stereocenters. The molecule has 0 bridgehead atoms. The lowest BCUT2D eigenvalue weighted by Crippen LogP contribution is -2.36. The van der Waals surface area contributed by atoms with Crippen LogP contribution in [0.5, 0.6) is 11.5 Å². The fourth-order valence-corrected chi connectivity index (χ4v) is 5.79. The Labute approximate surface area is 243 Å². The Bertz CT molecular complexity index is 1580. The number of ether oxygens (including phenoxy) is 2. The summed E-state index contributed by atoms with van der Waals surface area (Å²) >= 11 is 1.35.